The highest BCUT2D eigenvalue weighted by Gasteiger charge is 1.93. The van der Waals surface area contributed by atoms with Crippen molar-refractivity contribution >= 4 is 6.72 Å². The third-order valence-corrected chi connectivity index (χ3v) is 1.01. The van der Waals surface area contributed by atoms with Crippen LogP contribution in [0.2, 0.25) is 0 Å². The molecule has 0 aromatic rings. The van der Waals surface area contributed by atoms with E-state index in [0.29, 0.717) is 5.92 Å². The van der Waals surface area contributed by atoms with Gasteiger partial charge < -0.3 is 4.99 Å². The Morgan fingerprint density at radius 1 is 1.75 bits per heavy atom. The molecule has 0 aliphatic carbocycles. The van der Waals surface area contributed by atoms with Crippen molar-refractivity contribution < 1.29 is 0 Å². The summed E-state index contributed by atoms with van der Waals surface area (Å²) in [7, 11) is 0. The van der Waals surface area contributed by atoms with Crippen LogP contribution in [0.25, 0.3) is 0 Å². The molecule has 0 aliphatic rings. The molecule has 0 radical (unpaired) electrons. The first kappa shape index (κ1) is 7.41. The van der Waals surface area contributed by atoms with Crippen LogP contribution in [0.5, 0.6) is 0 Å². The van der Waals surface area contributed by atoms with E-state index in [1.165, 1.54) is 0 Å². The molecule has 1 unspecified atom stereocenters. The third-order valence-electron chi connectivity index (χ3n) is 1.01. The van der Waals surface area contributed by atoms with Crippen LogP contribution in [0.4, 0.5) is 0 Å². The topological polar surface area (TPSA) is 12.4 Å². The molecule has 0 heterocycles. The van der Waals surface area contributed by atoms with Gasteiger partial charge in [-0.3, -0.25) is 0 Å². The average Bonchev–Trinajstić information content (AvgIpc) is 1.68. The minimum atomic E-state index is 0.616. The number of aliphatic imine (C=N–C) groups is 1. The highest BCUT2D eigenvalue weighted by molar-refractivity contribution is 5.23. The molecular formula is C7H13N. The second-order valence-electron chi connectivity index (χ2n) is 2.04. The predicted molar refractivity (Wildman–Crippen MR) is 38.4 cm³/mol. The fourth-order valence-corrected chi connectivity index (χ4v) is 0.579. The molecule has 46 valence electrons. The van der Waals surface area contributed by atoms with E-state index in [1.807, 2.05) is 6.08 Å². The number of nitrogens with zero attached hydrogens (tertiary/aromatic N) is 1. The normalized spacial score (nSPS) is 12.6. The van der Waals surface area contributed by atoms with Crippen molar-refractivity contribution in [2.24, 2.45) is 10.9 Å². The molecule has 1 heteroatoms. The van der Waals surface area contributed by atoms with Crippen LogP contribution >= 0.6 is 0 Å². The Balaban J connectivity index is 3.16. The molecule has 0 rings (SSSR count). The highest BCUT2D eigenvalue weighted by Crippen LogP contribution is 2.00. The molecule has 0 aliphatic heterocycles. The number of hydrogen-bond donors (Lipinski definition) is 0. The zero-order chi connectivity index (χ0) is 6.41. The van der Waals surface area contributed by atoms with Gasteiger partial charge in [0.25, 0.3) is 0 Å². The summed E-state index contributed by atoms with van der Waals surface area (Å²) in [5, 5.41) is 0. The Morgan fingerprint density at radius 3 is 2.75 bits per heavy atom. The zero-order valence-corrected chi connectivity index (χ0v) is 5.43. The first-order valence-electron chi connectivity index (χ1n) is 2.84. The smallest absolute Gasteiger partial charge is 0.0410 e. The van der Waals surface area contributed by atoms with Gasteiger partial charge in [-0.25, -0.2) is 0 Å². The van der Waals surface area contributed by atoms with Crippen molar-refractivity contribution in [3.05, 3.63) is 12.7 Å². The lowest BCUT2D eigenvalue weighted by Crippen LogP contribution is -1.95. The van der Waals surface area contributed by atoms with Gasteiger partial charge in [0, 0.05) is 6.54 Å². The molecule has 1 nitrogen and oxygen atoms in total. The van der Waals surface area contributed by atoms with Crippen LogP contribution in [-0.2, 0) is 0 Å². The Bertz CT molecular complexity index is 66.5. The van der Waals surface area contributed by atoms with Gasteiger partial charge in [0.1, 0.15) is 0 Å². The lowest BCUT2D eigenvalue weighted by Gasteiger charge is -2.00. The largest absolute Gasteiger partial charge is 0.301 e. The van der Waals surface area contributed by atoms with Crippen molar-refractivity contribution in [3.63, 3.8) is 0 Å². The second kappa shape index (κ2) is 4.57. The predicted octanol–water partition coefficient (Wildman–Crippen LogP) is 1.90. The maximum atomic E-state index is 3.76. The van der Waals surface area contributed by atoms with Gasteiger partial charge in [0.05, 0.1) is 0 Å². The summed E-state index contributed by atoms with van der Waals surface area (Å²) in [5.41, 5.74) is 0. The highest BCUT2D eigenvalue weighted by atomic mass is 14.7. The SMILES string of the molecule is C=CCC(C)CN=C. The number of rotatable bonds is 4. The molecule has 0 N–H and O–H groups in total. The summed E-state index contributed by atoms with van der Waals surface area (Å²) in [6.45, 7) is 10.0. The fourth-order valence-electron chi connectivity index (χ4n) is 0.579. The summed E-state index contributed by atoms with van der Waals surface area (Å²) < 4.78 is 0. The van der Waals surface area contributed by atoms with E-state index in [2.05, 4.69) is 25.2 Å². The van der Waals surface area contributed by atoms with Crippen LogP contribution in [0.3, 0.4) is 0 Å². The van der Waals surface area contributed by atoms with Gasteiger partial charge in [-0.15, -0.1) is 6.58 Å². The molecule has 0 saturated carbocycles. The average molecular weight is 111 g/mol. The van der Waals surface area contributed by atoms with Gasteiger partial charge >= 0.3 is 0 Å². The zero-order valence-electron chi connectivity index (χ0n) is 5.43. The van der Waals surface area contributed by atoms with E-state index in [9.17, 15) is 0 Å². The molecule has 0 aromatic carbocycles. The Hall–Kier alpha value is -0.590. The molecule has 1 atom stereocenters. The van der Waals surface area contributed by atoms with Gasteiger partial charge in [-0.05, 0) is 19.1 Å². The molecule has 0 fully saturated rings. The Labute approximate surface area is 51.1 Å². The summed E-state index contributed by atoms with van der Waals surface area (Å²) in [5.74, 6) is 0.616. The van der Waals surface area contributed by atoms with Crippen LogP contribution in [0.15, 0.2) is 17.6 Å². The lowest BCUT2D eigenvalue weighted by atomic mass is 10.1. The molecule has 0 aromatic heterocycles. The van der Waals surface area contributed by atoms with E-state index in [4.69, 9.17) is 0 Å². The van der Waals surface area contributed by atoms with E-state index < -0.39 is 0 Å². The monoisotopic (exact) mass is 111 g/mol. The van der Waals surface area contributed by atoms with E-state index in [-0.39, 0.29) is 0 Å². The van der Waals surface area contributed by atoms with Crippen LogP contribution in [0, 0.1) is 5.92 Å². The summed E-state index contributed by atoms with van der Waals surface area (Å²) in [4.78, 5) is 3.76. The van der Waals surface area contributed by atoms with Crippen molar-refractivity contribution in [1.82, 2.24) is 0 Å². The van der Waals surface area contributed by atoms with Crippen molar-refractivity contribution in [3.8, 4) is 0 Å². The summed E-state index contributed by atoms with van der Waals surface area (Å²) >= 11 is 0. The lowest BCUT2D eigenvalue weighted by molar-refractivity contribution is 0.610. The standard InChI is InChI=1S/C7H13N/c1-4-5-7(2)6-8-3/h4,7H,1,3,5-6H2,2H3. The van der Waals surface area contributed by atoms with Crippen LogP contribution < -0.4 is 0 Å². The summed E-state index contributed by atoms with van der Waals surface area (Å²) in [6, 6.07) is 0. The molecule has 8 heavy (non-hydrogen) atoms. The molecule has 0 spiro atoms. The van der Waals surface area contributed by atoms with E-state index in [1.54, 1.807) is 0 Å². The number of allylic oxidation sites excluding steroid dienone is 1. The fraction of sp³-hybridized carbons (Fsp3) is 0.571. The molecule has 0 bridgehead atoms. The Kier molecular flexibility index (Phi) is 4.23. The first-order chi connectivity index (χ1) is 3.81. The molecular weight excluding hydrogens is 98.1 g/mol. The van der Waals surface area contributed by atoms with Crippen molar-refractivity contribution in [1.29, 1.82) is 0 Å². The first-order valence-corrected chi connectivity index (χ1v) is 2.84. The van der Waals surface area contributed by atoms with Gasteiger partial charge in [-0.2, -0.15) is 0 Å². The molecule has 0 saturated heterocycles. The van der Waals surface area contributed by atoms with Gasteiger partial charge in [0.2, 0.25) is 0 Å². The number of hydrogen-bond acceptors (Lipinski definition) is 1. The summed E-state index contributed by atoms with van der Waals surface area (Å²) in [6.07, 6.45) is 2.95. The van der Waals surface area contributed by atoms with Crippen molar-refractivity contribution in [2.45, 2.75) is 13.3 Å². The quantitative estimate of drug-likeness (QED) is 0.388. The maximum Gasteiger partial charge on any atom is 0.0410 e. The van der Waals surface area contributed by atoms with Crippen molar-refractivity contribution in [2.75, 3.05) is 6.54 Å². The van der Waals surface area contributed by atoms with E-state index in [0.717, 1.165) is 13.0 Å². The maximum absolute atomic E-state index is 3.76. The van der Waals surface area contributed by atoms with Gasteiger partial charge in [0.15, 0.2) is 0 Å². The second-order valence-corrected chi connectivity index (χ2v) is 2.04. The van der Waals surface area contributed by atoms with Crippen LogP contribution in [-0.4, -0.2) is 13.3 Å². The molecule has 0 amide bonds. The third kappa shape index (κ3) is 3.59. The Morgan fingerprint density at radius 2 is 2.38 bits per heavy atom. The van der Waals surface area contributed by atoms with E-state index >= 15 is 0 Å². The van der Waals surface area contributed by atoms with Gasteiger partial charge in [-0.1, -0.05) is 13.0 Å². The van der Waals surface area contributed by atoms with Crippen LogP contribution in [0.1, 0.15) is 13.3 Å². The minimum Gasteiger partial charge on any atom is -0.301 e. The minimum absolute atomic E-state index is 0.616.